The number of ether oxygens (including phenoxy) is 1. The topological polar surface area (TPSA) is 43.4 Å². The molecule has 0 aromatic heterocycles. The van der Waals surface area contributed by atoms with Gasteiger partial charge >= 0.3 is 5.97 Å². The van der Waals surface area contributed by atoms with Crippen molar-refractivity contribution in [2.75, 3.05) is 6.61 Å². The van der Waals surface area contributed by atoms with Crippen molar-refractivity contribution in [2.24, 2.45) is 5.41 Å². The lowest BCUT2D eigenvalue weighted by Crippen LogP contribution is -2.53. The maximum Gasteiger partial charge on any atom is 0.375 e. The van der Waals surface area contributed by atoms with Crippen LogP contribution in [-0.2, 0) is 14.3 Å². The van der Waals surface area contributed by atoms with E-state index < -0.39 is 19.5 Å². The largest absolute Gasteiger partial charge is 0.460 e. The summed E-state index contributed by atoms with van der Waals surface area (Å²) >= 11 is 0. The molecule has 1 fully saturated rings. The summed E-state index contributed by atoms with van der Waals surface area (Å²) < 4.78 is 5.04. The van der Waals surface area contributed by atoms with E-state index in [9.17, 15) is 9.59 Å². The predicted molar refractivity (Wildman–Crippen MR) is 99.9 cm³/mol. The van der Waals surface area contributed by atoms with E-state index >= 15 is 0 Å². The fourth-order valence-corrected chi connectivity index (χ4v) is 6.77. The molecule has 1 aromatic rings. The molecule has 0 saturated heterocycles. The molecule has 0 heterocycles. The minimum atomic E-state index is -2.10. The molecule has 1 saturated carbocycles. The van der Waals surface area contributed by atoms with Crippen molar-refractivity contribution in [1.82, 2.24) is 0 Å². The van der Waals surface area contributed by atoms with Gasteiger partial charge in [-0.25, -0.2) is 4.79 Å². The first-order valence-corrected chi connectivity index (χ1v) is 11.8. The van der Waals surface area contributed by atoms with Gasteiger partial charge in [0.05, 0.1) is 12.0 Å². The molecule has 0 atom stereocenters. The summed E-state index contributed by atoms with van der Waals surface area (Å²) in [4.78, 5) is 25.2. The molecule has 3 nitrogen and oxygen atoms in total. The molecule has 1 aliphatic carbocycles. The summed E-state index contributed by atoms with van der Waals surface area (Å²) in [6.45, 7) is 10.8. The van der Waals surface area contributed by atoms with Crippen LogP contribution >= 0.6 is 0 Å². The zero-order chi connectivity index (χ0) is 17.8. The summed E-state index contributed by atoms with van der Waals surface area (Å²) in [5.41, 5.74) is -0.740. The fraction of sp³-hybridized carbons (Fsp3) is 0.500. The summed E-state index contributed by atoms with van der Waals surface area (Å²) in [7, 11) is -2.10. The van der Waals surface area contributed by atoms with Crippen LogP contribution in [0.5, 0.6) is 0 Å². The van der Waals surface area contributed by atoms with Gasteiger partial charge in [-0.3, -0.25) is 4.79 Å². The Morgan fingerprint density at radius 3 is 2.25 bits per heavy atom. The van der Waals surface area contributed by atoms with Crippen LogP contribution < -0.4 is 5.19 Å². The number of esters is 1. The number of hydrogen-bond acceptors (Lipinski definition) is 3. The Kier molecular flexibility index (Phi) is 5.81. The number of rotatable bonds is 6. The van der Waals surface area contributed by atoms with Crippen LogP contribution in [0.25, 0.3) is 0 Å². The second-order valence-corrected chi connectivity index (χ2v) is 11.6. The molecule has 0 amide bonds. The van der Waals surface area contributed by atoms with Crippen LogP contribution in [0.4, 0.5) is 0 Å². The summed E-state index contributed by atoms with van der Waals surface area (Å²) in [6.07, 6.45) is 4.46. The van der Waals surface area contributed by atoms with Crippen LogP contribution in [0.1, 0.15) is 39.0 Å². The first kappa shape index (κ1) is 18.7. The van der Waals surface area contributed by atoms with Gasteiger partial charge in [-0.2, -0.15) is 0 Å². The van der Waals surface area contributed by atoms with Gasteiger partial charge in [-0.15, -0.1) is 6.58 Å². The van der Waals surface area contributed by atoms with Gasteiger partial charge in [-0.05, 0) is 19.8 Å². The Hall–Kier alpha value is -1.68. The highest BCUT2D eigenvalue weighted by Gasteiger charge is 2.50. The molecule has 0 radical (unpaired) electrons. The predicted octanol–water partition coefficient (Wildman–Crippen LogP) is 3.78. The van der Waals surface area contributed by atoms with Gasteiger partial charge in [0.25, 0.3) is 0 Å². The molecule has 2 rings (SSSR count). The van der Waals surface area contributed by atoms with Crippen LogP contribution in [0.15, 0.2) is 42.1 Å². The van der Waals surface area contributed by atoms with Crippen molar-refractivity contribution < 1.29 is 14.3 Å². The number of ketones is 1. The summed E-state index contributed by atoms with van der Waals surface area (Å²) in [6, 6.07) is 10.3. The van der Waals surface area contributed by atoms with Gasteiger partial charge in [0.1, 0.15) is 8.07 Å². The van der Waals surface area contributed by atoms with Gasteiger partial charge in [0.15, 0.2) is 0 Å². The van der Waals surface area contributed by atoms with Crippen LogP contribution in [0.2, 0.25) is 13.1 Å². The maximum atomic E-state index is 13.0. The average Bonchev–Trinajstić information content (AvgIpc) is 2.62. The summed E-state index contributed by atoms with van der Waals surface area (Å²) in [5, 5.41) is 2.22. The van der Waals surface area contributed by atoms with Gasteiger partial charge in [-0.1, -0.05) is 73.1 Å². The van der Waals surface area contributed by atoms with Crippen LogP contribution in [-0.4, -0.2) is 26.4 Å². The average molecular weight is 345 g/mol. The van der Waals surface area contributed by atoms with E-state index in [2.05, 4.69) is 31.8 Å². The molecule has 0 aliphatic heterocycles. The Morgan fingerprint density at radius 1 is 1.12 bits per heavy atom. The Labute approximate surface area is 146 Å². The Morgan fingerprint density at radius 2 is 1.71 bits per heavy atom. The van der Waals surface area contributed by atoms with Crippen LogP contribution in [0, 0.1) is 5.41 Å². The second-order valence-electron chi connectivity index (χ2n) is 7.16. The molecule has 1 aromatic carbocycles. The van der Waals surface area contributed by atoms with E-state index in [1.165, 1.54) is 5.19 Å². The lowest BCUT2D eigenvalue weighted by atomic mass is 9.71. The lowest BCUT2D eigenvalue weighted by molar-refractivity contribution is -0.158. The molecule has 4 heteroatoms. The highest BCUT2D eigenvalue weighted by Crippen LogP contribution is 2.46. The first-order valence-electron chi connectivity index (χ1n) is 8.83. The Balaban J connectivity index is 2.42. The van der Waals surface area contributed by atoms with Crippen molar-refractivity contribution in [2.45, 2.75) is 52.1 Å². The second kappa shape index (κ2) is 7.47. The number of benzene rings is 1. The summed E-state index contributed by atoms with van der Waals surface area (Å²) in [5.74, 6) is -1.08. The number of carbonyl (C=O) groups excluding carboxylic acids is 2. The van der Waals surface area contributed by atoms with E-state index in [1.807, 2.05) is 18.2 Å². The SMILES string of the molecule is C=C(C1(C(=O)C(=O)OCC)CCCCC1)[Si](C)(C)c1ccccc1. The highest BCUT2D eigenvalue weighted by molar-refractivity contribution is 6.96. The fourth-order valence-electron chi connectivity index (χ4n) is 3.84. The monoisotopic (exact) mass is 344 g/mol. The van der Waals surface area contributed by atoms with E-state index in [1.54, 1.807) is 6.92 Å². The smallest absolute Gasteiger partial charge is 0.375 e. The van der Waals surface area contributed by atoms with Gasteiger partial charge < -0.3 is 4.74 Å². The van der Waals surface area contributed by atoms with E-state index in [4.69, 9.17) is 4.74 Å². The first-order chi connectivity index (χ1) is 11.4. The normalized spacial score (nSPS) is 17.1. The zero-order valence-corrected chi connectivity index (χ0v) is 16.1. The maximum absolute atomic E-state index is 13.0. The van der Waals surface area contributed by atoms with Crippen molar-refractivity contribution in [1.29, 1.82) is 0 Å². The van der Waals surface area contributed by atoms with Crippen LogP contribution in [0.3, 0.4) is 0 Å². The highest BCUT2D eigenvalue weighted by atomic mass is 28.3. The number of carbonyl (C=O) groups is 2. The molecule has 0 spiro atoms. The third-order valence-corrected chi connectivity index (χ3v) is 9.19. The minimum absolute atomic E-state index is 0.229. The van der Waals surface area contributed by atoms with Crippen molar-refractivity contribution in [3.05, 3.63) is 42.1 Å². The molecule has 1 aliphatic rings. The molecule has 24 heavy (non-hydrogen) atoms. The van der Waals surface area contributed by atoms with E-state index in [0.29, 0.717) is 12.8 Å². The zero-order valence-electron chi connectivity index (χ0n) is 15.1. The quantitative estimate of drug-likeness (QED) is 0.448. The van der Waals surface area contributed by atoms with E-state index in [-0.39, 0.29) is 12.4 Å². The van der Waals surface area contributed by atoms with Crippen molar-refractivity contribution in [3.8, 4) is 0 Å². The van der Waals surface area contributed by atoms with Gasteiger partial charge in [0, 0.05) is 0 Å². The van der Waals surface area contributed by atoms with Crippen molar-refractivity contribution in [3.63, 3.8) is 0 Å². The molecular formula is C20H28O3Si. The van der Waals surface area contributed by atoms with Gasteiger partial charge in [0.2, 0.25) is 5.78 Å². The lowest BCUT2D eigenvalue weighted by Gasteiger charge is -2.42. The van der Waals surface area contributed by atoms with E-state index in [0.717, 1.165) is 24.5 Å². The minimum Gasteiger partial charge on any atom is -0.460 e. The molecule has 130 valence electrons. The van der Waals surface area contributed by atoms with Crippen molar-refractivity contribution >= 4 is 25.0 Å². The number of Topliss-reactive ketones (excluding diaryl/α,β-unsaturated/α-hetero) is 1. The third kappa shape index (κ3) is 3.39. The number of hydrogen-bond donors (Lipinski definition) is 0. The Bertz CT molecular complexity index is 613. The number of allylic oxidation sites excluding steroid dienone is 1. The molecule has 0 bridgehead atoms. The molecule has 0 N–H and O–H groups in total. The third-order valence-electron chi connectivity index (χ3n) is 5.43. The molecule has 0 unspecified atom stereocenters. The molecular weight excluding hydrogens is 316 g/mol. The standard InChI is InChI=1S/C20H28O3Si/c1-5-23-19(22)18(21)20(14-10-7-11-15-20)16(2)24(3,4)17-12-8-6-9-13-17/h6,8-9,12-13H,2,5,7,10-11,14-15H2,1,3-4H3.